The fraction of sp³-hybridized carbons (Fsp3) is 0.429. The van der Waals surface area contributed by atoms with Gasteiger partial charge in [0.05, 0.1) is 5.52 Å². The molecule has 18 heavy (non-hydrogen) atoms. The Bertz CT molecular complexity index is 576. The third-order valence-electron chi connectivity index (χ3n) is 3.91. The molecular formula is C14H16F2N2. The van der Waals surface area contributed by atoms with Crippen molar-refractivity contribution < 1.29 is 8.78 Å². The first kappa shape index (κ1) is 11.7. The molecule has 0 amide bonds. The highest BCUT2D eigenvalue weighted by atomic mass is 19.1. The van der Waals surface area contributed by atoms with Crippen LogP contribution in [-0.4, -0.2) is 29.5 Å². The molecule has 0 spiro atoms. The van der Waals surface area contributed by atoms with Gasteiger partial charge in [0.15, 0.2) is 0 Å². The zero-order valence-corrected chi connectivity index (χ0v) is 10.3. The molecule has 0 saturated carbocycles. The molecule has 96 valence electrons. The van der Waals surface area contributed by atoms with Crippen LogP contribution in [0.15, 0.2) is 18.3 Å². The van der Waals surface area contributed by atoms with Crippen molar-refractivity contribution in [3.05, 3.63) is 35.5 Å². The summed E-state index contributed by atoms with van der Waals surface area (Å²) < 4.78 is 26.9. The van der Waals surface area contributed by atoms with Crippen LogP contribution in [0.3, 0.4) is 0 Å². The number of hydrogen-bond acceptors (Lipinski definition) is 1. The van der Waals surface area contributed by atoms with Gasteiger partial charge in [-0.1, -0.05) is 0 Å². The van der Waals surface area contributed by atoms with Crippen LogP contribution < -0.4 is 0 Å². The molecule has 1 fully saturated rings. The molecule has 0 radical (unpaired) electrons. The first-order valence-electron chi connectivity index (χ1n) is 6.30. The third kappa shape index (κ3) is 1.90. The summed E-state index contributed by atoms with van der Waals surface area (Å²) in [6, 6.07) is 2.77. The van der Waals surface area contributed by atoms with Crippen LogP contribution in [0.2, 0.25) is 0 Å². The van der Waals surface area contributed by atoms with Crippen molar-refractivity contribution in [2.24, 2.45) is 0 Å². The number of halogens is 2. The monoisotopic (exact) mass is 250 g/mol. The highest BCUT2D eigenvalue weighted by Gasteiger charge is 2.23. The van der Waals surface area contributed by atoms with Crippen molar-refractivity contribution in [3.63, 3.8) is 0 Å². The quantitative estimate of drug-likeness (QED) is 0.867. The van der Waals surface area contributed by atoms with E-state index in [-0.39, 0.29) is 0 Å². The molecule has 1 unspecified atom stereocenters. The Morgan fingerprint density at radius 3 is 2.94 bits per heavy atom. The van der Waals surface area contributed by atoms with E-state index in [1.807, 2.05) is 0 Å². The third-order valence-corrected chi connectivity index (χ3v) is 3.91. The fourth-order valence-electron chi connectivity index (χ4n) is 2.90. The van der Waals surface area contributed by atoms with Crippen molar-refractivity contribution in [2.75, 3.05) is 13.6 Å². The molecule has 1 aromatic carbocycles. The van der Waals surface area contributed by atoms with E-state index < -0.39 is 11.6 Å². The lowest BCUT2D eigenvalue weighted by Gasteiger charge is -2.18. The summed E-state index contributed by atoms with van der Waals surface area (Å²) in [6.07, 6.45) is 4.96. The van der Waals surface area contributed by atoms with E-state index in [0.717, 1.165) is 31.0 Å². The molecule has 1 aliphatic heterocycles. The summed E-state index contributed by atoms with van der Waals surface area (Å²) >= 11 is 0. The molecule has 3 rings (SSSR count). The molecule has 2 nitrogen and oxygen atoms in total. The summed E-state index contributed by atoms with van der Waals surface area (Å²) in [6.45, 7) is 1.10. The van der Waals surface area contributed by atoms with Gasteiger partial charge >= 0.3 is 0 Å². The first-order chi connectivity index (χ1) is 8.65. The van der Waals surface area contributed by atoms with Crippen LogP contribution in [-0.2, 0) is 6.42 Å². The topological polar surface area (TPSA) is 19.0 Å². The fourth-order valence-corrected chi connectivity index (χ4v) is 2.90. The second kappa shape index (κ2) is 4.35. The second-order valence-corrected chi connectivity index (χ2v) is 5.10. The summed E-state index contributed by atoms with van der Waals surface area (Å²) in [5.41, 5.74) is 1.49. The van der Waals surface area contributed by atoms with Crippen LogP contribution in [0.1, 0.15) is 18.4 Å². The van der Waals surface area contributed by atoms with Gasteiger partial charge in [-0.2, -0.15) is 0 Å². The number of aromatic amines is 1. The van der Waals surface area contributed by atoms with E-state index in [0.29, 0.717) is 16.9 Å². The van der Waals surface area contributed by atoms with Gasteiger partial charge in [0, 0.05) is 23.7 Å². The molecule has 1 aliphatic rings. The Kier molecular flexibility index (Phi) is 2.82. The number of likely N-dealkylation sites (N-methyl/N-ethyl adjacent to an activating group) is 1. The van der Waals surface area contributed by atoms with Crippen molar-refractivity contribution >= 4 is 10.9 Å². The SMILES string of the molecule is CN1CCCC1Cc1c[nH]c2cc(F)cc(F)c12. The summed E-state index contributed by atoms with van der Waals surface area (Å²) in [4.78, 5) is 5.27. The molecule has 0 aliphatic carbocycles. The van der Waals surface area contributed by atoms with Crippen LogP contribution in [0.4, 0.5) is 8.78 Å². The maximum Gasteiger partial charge on any atom is 0.135 e. The van der Waals surface area contributed by atoms with Crippen LogP contribution in [0, 0.1) is 11.6 Å². The predicted octanol–water partition coefficient (Wildman–Crippen LogP) is 3.08. The number of aromatic nitrogens is 1. The second-order valence-electron chi connectivity index (χ2n) is 5.10. The molecular weight excluding hydrogens is 234 g/mol. The smallest absolute Gasteiger partial charge is 0.135 e. The van der Waals surface area contributed by atoms with Gasteiger partial charge in [-0.15, -0.1) is 0 Å². The molecule has 4 heteroatoms. The minimum atomic E-state index is -0.536. The minimum absolute atomic E-state index is 0.466. The van der Waals surface area contributed by atoms with Gasteiger partial charge in [0.1, 0.15) is 11.6 Å². The molecule has 1 aromatic heterocycles. The average Bonchev–Trinajstić information content (AvgIpc) is 2.87. The lowest BCUT2D eigenvalue weighted by molar-refractivity contribution is 0.309. The molecule has 0 bridgehead atoms. The van der Waals surface area contributed by atoms with E-state index in [2.05, 4.69) is 16.9 Å². The summed E-state index contributed by atoms with van der Waals surface area (Å²) in [5, 5.41) is 0.539. The molecule has 2 heterocycles. The molecule has 1 N–H and O–H groups in total. The number of likely N-dealkylation sites (tertiary alicyclic amines) is 1. The maximum atomic E-state index is 13.8. The van der Waals surface area contributed by atoms with E-state index in [9.17, 15) is 8.78 Å². The van der Waals surface area contributed by atoms with Crippen LogP contribution in [0.5, 0.6) is 0 Å². The van der Waals surface area contributed by atoms with Gasteiger partial charge in [0.2, 0.25) is 0 Å². The summed E-state index contributed by atoms with van der Waals surface area (Å²) in [5.74, 6) is -1.01. The van der Waals surface area contributed by atoms with Crippen molar-refractivity contribution in [1.29, 1.82) is 0 Å². The molecule has 1 atom stereocenters. The number of rotatable bonds is 2. The predicted molar refractivity (Wildman–Crippen MR) is 67.6 cm³/mol. The number of fused-ring (bicyclic) bond motifs is 1. The van der Waals surface area contributed by atoms with Crippen molar-refractivity contribution in [2.45, 2.75) is 25.3 Å². The Morgan fingerprint density at radius 2 is 2.22 bits per heavy atom. The Balaban J connectivity index is 1.97. The zero-order chi connectivity index (χ0) is 12.7. The van der Waals surface area contributed by atoms with Gasteiger partial charge in [-0.25, -0.2) is 8.78 Å². The largest absolute Gasteiger partial charge is 0.361 e. The number of nitrogens with zero attached hydrogens (tertiary/aromatic N) is 1. The highest BCUT2D eigenvalue weighted by Crippen LogP contribution is 2.27. The Morgan fingerprint density at radius 1 is 1.39 bits per heavy atom. The van der Waals surface area contributed by atoms with Crippen LogP contribution >= 0.6 is 0 Å². The molecule has 2 aromatic rings. The van der Waals surface area contributed by atoms with E-state index in [1.54, 1.807) is 6.20 Å². The number of hydrogen-bond donors (Lipinski definition) is 1. The van der Waals surface area contributed by atoms with Gasteiger partial charge < -0.3 is 9.88 Å². The maximum absolute atomic E-state index is 13.8. The van der Waals surface area contributed by atoms with Gasteiger partial charge in [0.25, 0.3) is 0 Å². The van der Waals surface area contributed by atoms with Gasteiger partial charge in [-0.3, -0.25) is 0 Å². The van der Waals surface area contributed by atoms with Crippen molar-refractivity contribution in [1.82, 2.24) is 9.88 Å². The Labute approximate surface area is 105 Å². The lowest BCUT2D eigenvalue weighted by Crippen LogP contribution is -2.26. The normalized spacial score (nSPS) is 20.9. The Hall–Kier alpha value is -1.42. The van der Waals surface area contributed by atoms with E-state index >= 15 is 0 Å². The zero-order valence-electron chi connectivity index (χ0n) is 10.3. The van der Waals surface area contributed by atoms with E-state index in [4.69, 9.17) is 0 Å². The number of benzene rings is 1. The van der Waals surface area contributed by atoms with Crippen LogP contribution in [0.25, 0.3) is 10.9 Å². The van der Waals surface area contributed by atoms with Gasteiger partial charge in [-0.05, 0) is 44.5 Å². The number of H-pyrrole nitrogens is 1. The highest BCUT2D eigenvalue weighted by molar-refractivity contribution is 5.84. The average molecular weight is 250 g/mol. The first-order valence-corrected chi connectivity index (χ1v) is 6.30. The summed E-state index contributed by atoms with van der Waals surface area (Å²) in [7, 11) is 2.10. The van der Waals surface area contributed by atoms with E-state index in [1.165, 1.54) is 12.5 Å². The van der Waals surface area contributed by atoms with Crippen molar-refractivity contribution in [3.8, 4) is 0 Å². The molecule has 1 saturated heterocycles. The standard InChI is InChI=1S/C14H16F2N2/c1-18-4-2-3-11(18)5-9-8-17-13-7-10(15)6-12(16)14(9)13/h6-8,11,17H,2-5H2,1H3. The number of nitrogens with one attached hydrogen (secondary N) is 1. The lowest BCUT2D eigenvalue weighted by atomic mass is 10.0. The minimum Gasteiger partial charge on any atom is -0.361 e.